The number of nitriles is 1. The van der Waals surface area contributed by atoms with E-state index in [1.165, 1.54) is 6.20 Å². The van der Waals surface area contributed by atoms with Crippen LogP contribution in [0.15, 0.2) is 30.7 Å². The van der Waals surface area contributed by atoms with E-state index in [1.807, 2.05) is 13.0 Å². The van der Waals surface area contributed by atoms with Gasteiger partial charge in [0.25, 0.3) is 0 Å². The average molecular weight is 196 g/mol. The molecule has 0 radical (unpaired) electrons. The number of hydrogen-bond acceptors (Lipinski definition) is 4. The van der Waals surface area contributed by atoms with Crippen LogP contribution in [0.4, 0.5) is 0 Å². The van der Waals surface area contributed by atoms with Crippen LogP contribution in [0.1, 0.15) is 11.3 Å². The Morgan fingerprint density at radius 3 is 2.53 bits per heavy atom. The van der Waals surface area contributed by atoms with E-state index in [1.54, 1.807) is 24.5 Å². The molecule has 0 aromatic carbocycles. The summed E-state index contributed by atoms with van der Waals surface area (Å²) in [5, 5.41) is 8.64. The van der Waals surface area contributed by atoms with Crippen molar-refractivity contribution in [3.05, 3.63) is 42.0 Å². The van der Waals surface area contributed by atoms with Crippen LogP contribution in [-0.4, -0.2) is 15.0 Å². The Bertz CT molecular complexity index is 511. The molecule has 15 heavy (non-hydrogen) atoms. The smallest absolute Gasteiger partial charge is 0.110 e. The second-order valence-corrected chi connectivity index (χ2v) is 3.03. The zero-order valence-corrected chi connectivity index (χ0v) is 8.18. The number of pyridine rings is 1. The van der Waals surface area contributed by atoms with Crippen LogP contribution in [0.3, 0.4) is 0 Å². The highest BCUT2D eigenvalue weighted by atomic mass is 14.8. The highest BCUT2D eigenvalue weighted by molar-refractivity contribution is 5.56. The first kappa shape index (κ1) is 9.28. The Morgan fingerprint density at radius 1 is 1.13 bits per heavy atom. The predicted molar refractivity (Wildman–Crippen MR) is 54.7 cm³/mol. The quantitative estimate of drug-likeness (QED) is 0.696. The number of rotatable bonds is 1. The van der Waals surface area contributed by atoms with Gasteiger partial charge in [0.2, 0.25) is 0 Å². The summed E-state index contributed by atoms with van der Waals surface area (Å²) in [6.45, 7) is 1.88. The van der Waals surface area contributed by atoms with Gasteiger partial charge in [0, 0.05) is 18.6 Å². The molecule has 0 saturated heterocycles. The molecule has 2 aromatic heterocycles. The average Bonchev–Trinajstić information content (AvgIpc) is 2.30. The minimum Gasteiger partial charge on any atom is -0.258 e. The fourth-order valence-corrected chi connectivity index (χ4v) is 1.26. The van der Waals surface area contributed by atoms with E-state index in [4.69, 9.17) is 5.26 Å². The maximum atomic E-state index is 8.64. The molecule has 0 aliphatic carbocycles. The standard InChI is InChI=1S/C11H8N4/c1-8-11(14-5-4-13-8)10-3-2-9(6-12)7-15-10/h2-5,7H,1H3. The summed E-state index contributed by atoms with van der Waals surface area (Å²) in [7, 11) is 0. The number of nitrogens with zero attached hydrogens (tertiary/aromatic N) is 4. The third-order valence-corrected chi connectivity index (χ3v) is 2.02. The van der Waals surface area contributed by atoms with Crippen LogP contribution in [0.2, 0.25) is 0 Å². The van der Waals surface area contributed by atoms with Gasteiger partial charge in [0.1, 0.15) is 11.8 Å². The Hall–Kier alpha value is -2.28. The lowest BCUT2D eigenvalue weighted by Gasteiger charge is -2.01. The van der Waals surface area contributed by atoms with Gasteiger partial charge in [-0.05, 0) is 19.1 Å². The van der Waals surface area contributed by atoms with Gasteiger partial charge in [0.05, 0.1) is 17.0 Å². The lowest BCUT2D eigenvalue weighted by molar-refractivity contribution is 1.10. The van der Waals surface area contributed by atoms with Crippen LogP contribution >= 0.6 is 0 Å². The van der Waals surface area contributed by atoms with Crippen LogP contribution < -0.4 is 0 Å². The first-order valence-corrected chi connectivity index (χ1v) is 4.45. The van der Waals surface area contributed by atoms with Crippen molar-refractivity contribution in [3.8, 4) is 17.5 Å². The number of aryl methyl sites for hydroxylation is 1. The topological polar surface area (TPSA) is 62.5 Å². The minimum absolute atomic E-state index is 0.542. The summed E-state index contributed by atoms with van der Waals surface area (Å²) < 4.78 is 0. The third kappa shape index (κ3) is 1.81. The van der Waals surface area contributed by atoms with E-state index in [0.717, 1.165) is 17.1 Å². The van der Waals surface area contributed by atoms with Gasteiger partial charge in [-0.3, -0.25) is 15.0 Å². The molecule has 2 heterocycles. The first-order chi connectivity index (χ1) is 7.31. The van der Waals surface area contributed by atoms with Gasteiger partial charge >= 0.3 is 0 Å². The normalized spacial score (nSPS) is 9.60. The van der Waals surface area contributed by atoms with Crippen molar-refractivity contribution in [2.45, 2.75) is 6.92 Å². The van der Waals surface area contributed by atoms with Crippen molar-refractivity contribution in [1.82, 2.24) is 15.0 Å². The van der Waals surface area contributed by atoms with Crippen LogP contribution in [0.25, 0.3) is 11.4 Å². The fraction of sp³-hybridized carbons (Fsp3) is 0.0909. The Morgan fingerprint density at radius 2 is 1.93 bits per heavy atom. The second kappa shape index (κ2) is 3.84. The predicted octanol–water partition coefficient (Wildman–Crippen LogP) is 1.72. The maximum Gasteiger partial charge on any atom is 0.110 e. The molecule has 2 rings (SSSR count). The van der Waals surface area contributed by atoms with Crippen molar-refractivity contribution in [3.63, 3.8) is 0 Å². The van der Waals surface area contributed by atoms with Crippen molar-refractivity contribution in [1.29, 1.82) is 5.26 Å². The molecule has 72 valence electrons. The Balaban J connectivity index is 2.47. The lowest BCUT2D eigenvalue weighted by atomic mass is 10.2. The molecule has 4 heteroatoms. The molecule has 0 saturated carbocycles. The van der Waals surface area contributed by atoms with E-state index < -0.39 is 0 Å². The monoisotopic (exact) mass is 196 g/mol. The molecule has 4 nitrogen and oxygen atoms in total. The molecule has 0 fully saturated rings. The molecule has 0 aliphatic rings. The molecule has 0 N–H and O–H groups in total. The molecule has 0 bridgehead atoms. The first-order valence-electron chi connectivity index (χ1n) is 4.45. The molecule has 0 aliphatic heterocycles. The molecule has 0 spiro atoms. The molecule has 0 amide bonds. The highest BCUT2D eigenvalue weighted by Crippen LogP contribution is 2.16. The maximum absolute atomic E-state index is 8.64. The Kier molecular flexibility index (Phi) is 2.38. The van der Waals surface area contributed by atoms with E-state index >= 15 is 0 Å². The van der Waals surface area contributed by atoms with Gasteiger partial charge in [-0.15, -0.1) is 0 Å². The number of aromatic nitrogens is 3. The molecule has 0 atom stereocenters. The van der Waals surface area contributed by atoms with Gasteiger partial charge in [-0.1, -0.05) is 0 Å². The molecule has 0 unspecified atom stereocenters. The van der Waals surface area contributed by atoms with Crippen LogP contribution in [0.5, 0.6) is 0 Å². The van der Waals surface area contributed by atoms with Gasteiger partial charge < -0.3 is 0 Å². The minimum atomic E-state index is 0.542. The van der Waals surface area contributed by atoms with Crippen LogP contribution in [-0.2, 0) is 0 Å². The van der Waals surface area contributed by atoms with Crippen molar-refractivity contribution in [2.75, 3.05) is 0 Å². The highest BCUT2D eigenvalue weighted by Gasteiger charge is 2.04. The summed E-state index contributed by atoms with van der Waals surface area (Å²) in [6, 6.07) is 5.51. The van der Waals surface area contributed by atoms with E-state index in [2.05, 4.69) is 15.0 Å². The van der Waals surface area contributed by atoms with Gasteiger partial charge in [0.15, 0.2) is 0 Å². The largest absolute Gasteiger partial charge is 0.258 e. The zero-order valence-electron chi connectivity index (χ0n) is 8.18. The summed E-state index contributed by atoms with van der Waals surface area (Å²) in [6.07, 6.45) is 4.80. The molecule has 2 aromatic rings. The molecular formula is C11H8N4. The SMILES string of the molecule is Cc1nccnc1-c1ccc(C#N)cn1. The number of hydrogen-bond donors (Lipinski definition) is 0. The second-order valence-electron chi connectivity index (χ2n) is 3.03. The summed E-state index contributed by atoms with van der Waals surface area (Å²) in [5.74, 6) is 0. The Labute approximate surface area is 87.3 Å². The third-order valence-electron chi connectivity index (χ3n) is 2.02. The van der Waals surface area contributed by atoms with Crippen molar-refractivity contribution in [2.24, 2.45) is 0 Å². The zero-order chi connectivity index (χ0) is 10.7. The van der Waals surface area contributed by atoms with E-state index in [-0.39, 0.29) is 0 Å². The fourth-order valence-electron chi connectivity index (χ4n) is 1.26. The lowest BCUT2D eigenvalue weighted by Crippen LogP contribution is -1.93. The van der Waals surface area contributed by atoms with Crippen LogP contribution in [0, 0.1) is 18.3 Å². The van der Waals surface area contributed by atoms with Gasteiger partial charge in [-0.25, -0.2) is 0 Å². The summed E-state index contributed by atoms with van der Waals surface area (Å²) in [4.78, 5) is 12.5. The van der Waals surface area contributed by atoms with E-state index in [0.29, 0.717) is 5.56 Å². The van der Waals surface area contributed by atoms with Crippen molar-refractivity contribution >= 4 is 0 Å². The van der Waals surface area contributed by atoms with Gasteiger partial charge in [-0.2, -0.15) is 5.26 Å². The molecular weight excluding hydrogens is 188 g/mol. The van der Waals surface area contributed by atoms with Crippen molar-refractivity contribution < 1.29 is 0 Å². The van der Waals surface area contributed by atoms with E-state index in [9.17, 15) is 0 Å². The summed E-state index contributed by atoms with van der Waals surface area (Å²) >= 11 is 0. The summed E-state index contributed by atoms with van der Waals surface area (Å²) in [5.41, 5.74) is 2.86.